The van der Waals surface area contributed by atoms with E-state index in [1.807, 2.05) is 28.9 Å². The minimum Gasteiger partial charge on any atom is -0.298 e. The molecule has 2 aromatic rings. The van der Waals surface area contributed by atoms with Gasteiger partial charge in [-0.05, 0) is 26.8 Å². The first-order valence-electron chi connectivity index (χ1n) is 5.73. The molecule has 0 unspecified atom stereocenters. The lowest BCUT2D eigenvalue weighted by Gasteiger charge is -2.18. The van der Waals surface area contributed by atoms with Gasteiger partial charge in [0.1, 0.15) is 5.69 Å². The van der Waals surface area contributed by atoms with E-state index in [1.165, 1.54) is 0 Å². The van der Waals surface area contributed by atoms with Crippen LogP contribution in [0.15, 0.2) is 34.9 Å². The predicted molar refractivity (Wildman–Crippen MR) is 75.7 cm³/mol. The van der Waals surface area contributed by atoms with E-state index in [2.05, 4.69) is 41.8 Å². The number of hydrogen-bond donors (Lipinski definition) is 0. The van der Waals surface area contributed by atoms with Crippen LogP contribution in [0, 0.1) is 0 Å². The van der Waals surface area contributed by atoms with E-state index in [4.69, 9.17) is 0 Å². The molecule has 1 heterocycles. The van der Waals surface area contributed by atoms with Crippen LogP contribution >= 0.6 is 15.9 Å². The van der Waals surface area contributed by atoms with Crippen LogP contribution in [-0.2, 0) is 5.54 Å². The first-order valence-corrected chi connectivity index (χ1v) is 6.53. The number of aldehydes is 1. The lowest BCUT2D eigenvalue weighted by Crippen LogP contribution is -2.22. The minimum absolute atomic E-state index is 0.142. The van der Waals surface area contributed by atoms with E-state index in [0.29, 0.717) is 11.3 Å². The number of halogens is 1. The zero-order valence-electron chi connectivity index (χ0n) is 10.6. The van der Waals surface area contributed by atoms with Crippen molar-refractivity contribution in [3.05, 3.63) is 40.5 Å². The van der Waals surface area contributed by atoms with Crippen LogP contribution in [0.25, 0.3) is 11.3 Å². The molecule has 18 heavy (non-hydrogen) atoms. The van der Waals surface area contributed by atoms with Gasteiger partial charge in [0.05, 0.1) is 11.1 Å². The summed E-state index contributed by atoms with van der Waals surface area (Å²) in [6.07, 6.45) is 2.64. The molecule has 0 radical (unpaired) electrons. The summed E-state index contributed by atoms with van der Waals surface area (Å²) in [5.74, 6) is 0. The van der Waals surface area contributed by atoms with E-state index in [9.17, 15) is 4.79 Å². The third-order valence-corrected chi connectivity index (χ3v) is 3.38. The van der Waals surface area contributed by atoms with Gasteiger partial charge in [-0.1, -0.05) is 34.1 Å². The summed E-state index contributed by atoms with van der Waals surface area (Å²) in [6.45, 7) is 6.16. The normalized spacial score (nSPS) is 11.6. The number of carbonyl (C=O) groups is 1. The molecule has 0 bridgehead atoms. The molecule has 0 aliphatic carbocycles. The highest BCUT2D eigenvalue weighted by Gasteiger charge is 2.19. The smallest absolute Gasteiger partial charge is 0.153 e. The number of rotatable bonds is 2. The second-order valence-electron chi connectivity index (χ2n) is 5.15. The van der Waals surface area contributed by atoms with Gasteiger partial charge in [0, 0.05) is 16.2 Å². The van der Waals surface area contributed by atoms with Gasteiger partial charge in [0.25, 0.3) is 0 Å². The van der Waals surface area contributed by atoms with Gasteiger partial charge in [0.2, 0.25) is 0 Å². The van der Waals surface area contributed by atoms with Crippen LogP contribution < -0.4 is 0 Å². The molecule has 0 saturated carbocycles. The standard InChI is InChI=1S/C14H15BrN2O/c1-14(2,3)17-8-10(9-18)13(16-17)11-6-4-5-7-12(11)15/h4-9H,1-3H3. The highest BCUT2D eigenvalue weighted by atomic mass is 79.9. The summed E-state index contributed by atoms with van der Waals surface area (Å²) in [4.78, 5) is 11.2. The Morgan fingerprint density at radius 1 is 1.28 bits per heavy atom. The molecule has 1 aromatic heterocycles. The Kier molecular flexibility index (Phi) is 3.39. The molecular weight excluding hydrogens is 292 g/mol. The average Bonchev–Trinajstić information content (AvgIpc) is 2.73. The van der Waals surface area contributed by atoms with Gasteiger partial charge >= 0.3 is 0 Å². The van der Waals surface area contributed by atoms with Crippen LogP contribution in [0.3, 0.4) is 0 Å². The van der Waals surface area contributed by atoms with Crippen molar-refractivity contribution in [1.82, 2.24) is 9.78 Å². The van der Waals surface area contributed by atoms with E-state index >= 15 is 0 Å². The van der Waals surface area contributed by atoms with Gasteiger partial charge in [-0.2, -0.15) is 5.10 Å². The summed E-state index contributed by atoms with van der Waals surface area (Å²) in [7, 11) is 0. The fourth-order valence-electron chi connectivity index (χ4n) is 1.68. The number of hydrogen-bond acceptors (Lipinski definition) is 2. The van der Waals surface area contributed by atoms with Crippen LogP contribution in [0.2, 0.25) is 0 Å². The Balaban J connectivity index is 2.61. The average molecular weight is 307 g/mol. The lowest BCUT2D eigenvalue weighted by molar-refractivity contribution is 0.112. The van der Waals surface area contributed by atoms with E-state index in [1.54, 1.807) is 6.20 Å². The summed E-state index contributed by atoms with van der Waals surface area (Å²) < 4.78 is 2.76. The number of carbonyl (C=O) groups excluding carboxylic acids is 1. The third-order valence-electron chi connectivity index (χ3n) is 2.69. The quantitative estimate of drug-likeness (QED) is 0.789. The zero-order chi connectivity index (χ0) is 13.3. The van der Waals surface area contributed by atoms with E-state index in [0.717, 1.165) is 16.3 Å². The summed E-state index contributed by atoms with van der Waals surface area (Å²) in [6, 6.07) is 7.77. The third kappa shape index (κ3) is 2.38. The number of benzene rings is 1. The monoisotopic (exact) mass is 306 g/mol. The maximum atomic E-state index is 11.2. The molecule has 1 aromatic carbocycles. The van der Waals surface area contributed by atoms with Gasteiger partial charge in [-0.3, -0.25) is 9.48 Å². The van der Waals surface area contributed by atoms with Crippen molar-refractivity contribution in [3.8, 4) is 11.3 Å². The van der Waals surface area contributed by atoms with Gasteiger partial charge < -0.3 is 0 Å². The molecule has 0 N–H and O–H groups in total. The molecule has 0 spiro atoms. The zero-order valence-corrected chi connectivity index (χ0v) is 12.2. The van der Waals surface area contributed by atoms with Crippen molar-refractivity contribution in [1.29, 1.82) is 0 Å². The highest BCUT2D eigenvalue weighted by molar-refractivity contribution is 9.10. The Bertz CT molecular complexity index is 582. The predicted octanol–water partition coefficient (Wildman–Crippen LogP) is 3.88. The number of aromatic nitrogens is 2. The molecule has 0 atom stereocenters. The molecule has 4 heteroatoms. The van der Waals surface area contributed by atoms with Crippen molar-refractivity contribution in [3.63, 3.8) is 0 Å². The van der Waals surface area contributed by atoms with Crippen LogP contribution in [0.1, 0.15) is 31.1 Å². The lowest BCUT2D eigenvalue weighted by atomic mass is 10.1. The van der Waals surface area contributed by atoms with Crippen LogP contribution in [0.5, 0.6) is 0 Å². The minimum atomic E-state index is -0.142. The van der Waals surface area contributed by atoms with Crippen LogP contribution in [-0.4, -0.2) is 16.1 Å². The van der Waals surface area contributed by atoms with Crippen molar-refractivity contribution < 1.29 is 4.79 Å². The summed E-state index contributed by atoms with van der Waals surface area (Å²) in [5, 5.41) is 4.54. The van der Waals surface area contributed by atoms with Gasteiger partial charge in [-0.15, -0.1) is 0 Å². The first-order chi connectivity index (χ1) is 8.43. The maximum absolute atomic E-state index is 11.2. The molecule has 0 aliphatic heterocycles. The summed E-state index contributed by atoms with van der Waals surface area (Å²) >= 11 is 3.49. The highest BCUT2D eigenvalue weighted by Crippen LogP contribution is 2.30. The molecule has 2 rings (SSSR count). The van der Waals surface area contributed by atoms with Gasteiger partial charge in [-0.25, -0.2) is 0 Å². The summed E-state index contributed by atoms with van der Waals surface area (Å²) in [5.41, 5.74) is 2.11. The maximum Gasteiger partial charge on any atom is 0.153 e. The van der Waals surface area contributed by atoms with E-state index in [-0.39, 0.29) is 5.54 Å². The topological polar surface area (TPSA) is 34.9 Å². The molecular formula is C14H15BrN2O. The fourth-order valence-corrected chi connectivity index (χ4v) is 2.15. The Morgan fingerprint density at radius 3 is 2.50 bits per heavy atom. The first kappa shape index (κ1) is 13.0. The SMILES string of the molecule is CC(C)(C)n1cc(C=O)c(-c2ccccc2Br)n1. The molecule has 0 aliphatic rings. The molecule has 0 amide bonds. The molecule has 94 valence electrons. The van der Waals surface area contributed by atoms with Crippen LogP contribution in [0.4, 0.5) is 0 Å². The fraction of sp³-hybridized carbons (Fsp3) is 0.286. The Hall–Kier alpha value is -1.42. The van der Waals surface area contributed by atoms with Crippen molar-refractivity contribution in [2.24, 2.45) is 0 Å². The molecule has 0 fully saturated rings. The van der Waals surface area contributed by atoms with Gasteiger partial charge in [0.15, 0.2) is 6.29 Å². The molecule has 3 nitrogen and oxygen atoms in total. The Morgan fingerprint density at radius 2 is 1.94 bits per heavy atom. The molecule has 0 saturated heterocycles. The second-order valence-corrected chi connectivity index (χ2v) is 6.00. The van der Waals surface area contributed by atoms with Crippen molar-refractivity contribution in [2.45, 2.75) is 26.3 Å². The van der Waals surface area contributed by atoms with E-state index < -0.39 is 0 Å². The largest absolute Gasteiger partial charge is 0.298 e. The second kappa shape index (κ2) is 4.69. The Labute approximate surface area is 115 Å². The number of nitrogens with zero attached hydrogens (tertiary/aromatic N) is 2. The van der Waals surface area contributed by atoms with Crippen molar-refractivity contribution in [2.75, 3.05) is 0 Å². The van der Waals surface area contributed by atoms with Crippen molar-refractivity contribution >= 4 is 22.2 Å².